The van der Waals surface area contributed by atoms with Gasteiger partial charge in [0.25, 0.3) is 5.91 Å². The molecule has 3 rings (SSSR count). The van der Waals surface area contributed by atoms with Crippen LogP contribution < -0.4 is 4.90 Å². The van der Waals surface area contributed by atoms with Gasteiger partial charge in [-0.1, -0.05) is 30.2 Å². The van der Waals surface area contributed by atoms with E-state index in [4.69, 9.17) is 6.42 Å². The molecule has 4 nitrogen and oxygen atoms in total. The van der Waals surface area contributed by atoms with E-state index in [1.165, 1.54) is 4.90 Å². The average molecular weight is 330 g/mol. The average Bonchev–Trinajstić information content (AvgIpc) is 2.61. The summed E-state index contributed by atoms with van der Waals surface area (Å²) in [5.74, 6) is 1.17. The number of terminal acetylenes is 1. The van der Waals surface area contributed by atoms with Crippen LogP contribution in [-0.2, 0) is 4.79 Å². The van der Waals surface area contributed by atoms with E-state index < -0.39 is 5.92 Å². The number of hydrogen-bond acceptors (Lipinski definition) is 3. The van der Waals surface area contributed by atoms with Crippen LogP contribution in [0.5, 0.6) is 0 Å². The molecule has 1 atom stereocenters. The zero-order valence-electron chi connectivity index (χ0n) is 14.2. The lowest BCUT2D eigenvalue weighted by Crippen LogP contribution is -2.45. The van der Waals surface area contributed by atoms with E-state index in [9.17, 15) is 9.59 Å². The van der Waals surface area contributed by atoms with Gasteiger partial charge in [0.1, 0.15) is 0 Å². The third kappa shape index (κ3) is 2.97. The van der Waals surface area contributed by atoms with Crippen LogP contribution in [0.15, 0.2) is 47.5 Å². The van der Waals surface area contributed by atoms with Crippen LogP contribution in [-0.4, -0.2) is 24.6 Å². The number of benzene rings is 2. The fourth-order valence-corrected chi connectivity index (χ4v) is 2.92. The van der Waals surface area contributed by atoms with Crippen molar-refractivity contribution < 1.29 is 9.59 Å². The fourth-order valence-electron chi connectivity index (χ4n) is 2.92. The number of aryl methyl sites for hydroxylation is 2. The normalized spacial score (nSPS) is 16.8. The van der Waals surface area contributed by atoms with E-state index in [1.807, 2.05) is 32.0 Å². The molecule has 0 fully saturated rings. The summed E-state index contributed by atoms with van der Waals surface area (Å²) in [4.78, 5) is 31.3. The highest BCUT2D eigenvalue weighted by atomic mass is 16.2. The maximum Gasteiger partial charge on any atom is 0.265 e. The number of aliphatic imine (C=N–C) groups is 1. The molecule has 0 bridgehead atoms. The number of hydrogen-bond donors (Lipinski definition) is 0. The van der Waals surface area contributed by atoms with Crippen molar-refractivity contribution >= 4 is 23.7 Å². The first-order valence-electron chi connectivity index (χ1n) is 8.02. The summed E-state index contributed by atoms with van der Waals surface area (Å²) in [6.45, 7) is 4.14. The highest BCUT2D eigenvalue weighted by Crippen LogP contribution is 2.32. The monoisotopic (exact) mass is 330 g/mol. The number of amides is 2. The molecule has 2 amide bonds. The standard InChI is InChI=1S/C21H18N2O2/c1-4-11-22-13-19-17-7-5-6-8-18(17)20(24)23(21(19)25)16-10-9-14(2)15(3)12-16/h1,5-10,12-13,19H,11H2,2-3H3/t19-/m0/s1. The van der Waals surface area contributed by atoms with Crippen molar-refractivity contribution in [3.8, 4) is 12.3 Å². The Hall–Kier alpha value is -3.19. The molecular formula is C21H18N2O2. The minimum Gasteiger partial charge on any atom is -0.283 e. The molecule has 0 N–H and O–H groups in total. The Labute approximate surface area is 147 Å². The first-order chi connectivity index (χ1) is 12.0. The van der Waals surface area contributed by atoms with Gasteiger partial charge < -0.3 is 0 Å². The SMILES string of the molecule is C#CCN=C[C@@H]1C(=O)N(c2ccc(C)c(C)c2)C(=O)c2ccccc21. The molecule has 0 unspecified atom stereocenters. The molecule has 0 radical (unpaired) electrons. The molecule has 1 aliphatic heterocycles. The predicted molar refractivity (Wildman–Crippen MR) is 99.1 cm³/mol. The minimum absolute atomic E-state index is 0.198. The lowest BCUT2D eigenvalue weighted by atomic mass is 9.88. The van der Waals surface area contributed by atoms with Crippen molar-refractivity contribution in [3.63, 3.8) is 0 Å². The van der Waals surface area contributed by atoms with Crippen molar-refractivity contribution in [1.29, 1.82) is 0 Å². The van der Waals surface area contributed by atoms with Crippen LogP contribution in [0.1, 0.15) is 33.0 Å². The number of rotatable bonds is 3. The fraction of sp³-hybridized carbons (Fsp3) is 0.190. The first-order valence-corrected chi connectivity index (χ1v) is 8.02. The van der Waals surface area contributed by atoms with Gasteiger partial charge in [0.2, 0.25) is 5.91 Å². The number of nitrogens with zero attached hydrogens (tertiary/aromatic N) is 2. The third-order valence-electron chi connectivity index (χ3n) is 4.40. The summed E-state index contributed by atoms with van der Waals surface area (Å²) in [7, 11) is 0. The molecule has 1 aliphatic rings. The van der Waals surface area contributed by atoms with Crippen LogP contribution in [0.25, 0.3) is 0 Å². The van der Waals surface area contributed by atoms with Gasteiger partial charge in [0.05, 0.1) is 18.2 Å². The second-order valence-corrected chi connectivity index (χ2v) is 6.01. The van der Waals surface area contributed by atoms with Crippen molar-refractivity contribution in [2.75, 3.05) is 11.4 Å². The van der Waals surface area contributed by atoms with E-state index in [1.54, 1.807) is 30.5 Å². The van der Waals surface area contributed by atoms with Crippen LogP contribution in [0.3, 0.4) is 0 Å². The molecule has 4 heteroatoms. The first kappa shape index (κ1) is 16.7. The molecule has 0 saturated carbocycles. The van der Waals surface area contributed by atoms with Crippen LogP contribution in [0.4, 0.5) is 5.69 Å². The number of carbonyl (C=O) groups is 2. The van der Waals surface area contributed by atoms with Crippen molar-refractivity contribution in [1.82, 2.24) is 0 Å². The number of anilines is 1. The summed E-state index contributed by atoms with van der Waals surface area (Å²) in [6, 6.07) is 12.7. The van der Waals surface area contributed by atoms with E-state index in [2.05, 4.69) is 10.9 Å². The smallest absolute Gasteiger partial charge is 0.265 e. The maximum atomic E-state index is 13.1. The van der Waals surface area contributed by atoms with E-state index in [0.717, 1.165) is 11.1 Å². The van der Waals surface area contributed by atoms with Crippen molar-refractivity contribution in [3.05, 3.63) is 64.7 Å². The van der Waals surface area contributed by atoms with Gasteiger partial charge in [-0.05, 0) is 48.7 Å². The Morgan fingerprint density at radius 3 is 2.64 bits per heavy atom. The van der Waals surface area contributed by atoms with Gasteiger partial charge in [-0.3, -0.25) is 14.6 Å². The molecule has 0 saturated heterocycles. The largest absolute Gasteiger partial charge is 0.283 e. The summed E-state index contributed by atoms with van der Waals surface area (Å²) in [5, 5.41) is 0. The van der Waals surface area contributed by atoms with Crippen LogP contribution in [0.2, 0.25) is 0 Å². The Balaban J connectivity index is 2.12. The van der Waals surface area contributed by atoms with E-state index in [-0.39, 0.29) is 18.4 Å². The lowest BCUT2D eigenvalue weighted by molar-refractivity contribution is -0.118. The lowest BCUT2D eigenvalue weighted by Gasteiger charge is -2.31. The van der Waals surface area contributed by atoms with Gasteiger partial charge in [0, 0.05) is 11.8 Å². The van der Waals surface area contributed by atoms with Crippen LogP contribution >= 0.6 is 0 Å². The summed E-state index contributed by atoms with van der Waals surface area (Å²) < 4.78 is 0. The van der Waals surface area contributed by atoms with Gasteiger partial charge in [-0.2, -0.15) is 0 Å². The quantitative estimate of drug-likeness (QED) is 0.493. The van der Waals surface area contributed by atoms with Crippen molar-refractivity contribution in [2.45, 2.75) is 19.8 Å². The molecule has 0 aromatic heterocycles. The summed E-state index contributed by atoms with van der Waals surface area (Å²) in [6.07, 6.45) is 6.77. The molecule has 2 aromatic carbocycles. The van der Waals surface area contributed by atoms with Gasteiger partial charge in [-0.15, -0.1) is 6.42 Å². The van der Waals surface area contributed by atoms with Crippen LogP contribution in [0, 0.1) is 26.2 Å². The highest BCUT2D eigenvalue weighted by molar-refractivity contribution is 6.29. The van der Waals surface area contributed by atoms with Gasteiger partial charge >= 0.3 is 0 Å². The molecule has 25 heavy (non-hydrogen) atoms. The minimum atomic E-state index is -0.621. The third-order valence-corrected chi connectivity index (χ3v) is 4.40. The zero-order chi connectivity index (χ0) is 18.0. The Bertz CT molecular complexity index is 922. The second kappa shape index (κ2) is 6.74. The second-order valence-electron chi connectivity index (χ2n) is 6.01. The molecule has 2 aromatic rings. The number of fused-ring (bicyclic) bond motifs is 1. The van der Waals surface area contributed by atoms with E-state index >= 15 is 0 Å². The Morgan fingerprint density at radius 1 is 1.16 bits per heavy atom. The Morgan fingerprint density at radius 2 is 1.92 bits per heavy atom. The van der Waals surface area contributed by atoms with Gasteiger partial charge in [-0.25, -0.2) is 4.90 Å². The molecule has 124 valence electrons. The Kier molecular flexibility index (Phi) is 4.49. The summed E-state index contributed by atoms with van der Waals surface area (Å²) >= 11 is 0. The molecule has 1 heterocycles. The molecule has 0 spiro atoms. The maximum absolute atomic E-state index is 13.1. The zero-order valence-corrected chi connectivity index (χ0v) is 14.2. The molecular weight excluding hydrogens is 312 g/mol. The summed E-state index contributed by atoms with van der Waals surface area (Å²) in [5.41, 5.74) is 3.88. The number of carbonyl (C=O) groups excluding carboxylic acids is 2. The molecule has 0 aliphatic carbocycles. The predicted octanol–water partition coefficient (Wildman–Crippen LogP) is 3.28. The van der Waals surface area contributed by atoms with Gasteiger partial charge in [0.15, 0.2) is 0 Å². The highest BCUT2D eigenvalue weighted by Gasteiger charge is 2.38. The topological polar surface area (TPSA) is 49.7 Å². The van der Waals surface area contributed by atoms with E-state index in [0.29, 0.717) is 16.8 Å². The van der Waals surface area contributed by atoms with Crippen molar-refractivity contribution in [2.24, 2.45) is 4.99 Å². The number of imide groups is 1.